The van der Waals surface area contributed by atoms with Crippen molar-refractivity contribution in [1.29, 1.82) is 0 Å². The van der Waals surface area contributed by atoms with Gasteiger partial charge in [0.2, 0.25) is 0 Å². The highest BCUT2D eigenvalue weighted by Crippen LogP contribution is 2.33. The van der Waals surface area contributed by atoms with Gasteiger partial charge in [0.05, 0.1) is 11.0 Å². The first-order valence-corrected chi connectivity index (χ1v) is 17.3. The van der Waals surface area contributed by atoms with Crippen molar-refractivity contribution in [2.75, 3.05) is 27.2 Å². The van der Waals surface area contributed by atoms with E-state index in [0.29, 0.717) is 16.1 Å². The number of rotatable bonds is 2. The molecule has 6 nitrogen and oxygen atoms in total. The summed E-state index contributed by atoms with van der Waals surface area (Å²) in [6.07, 6.45) is 3.80. The summed E-state index contributed by atoms with van der Waals surface area (Å²) >= 11 is 5.98. The summed E-state index contributed by atoms with van der Waals surface area (Å²) in [6.45, 7) is 5.76. The Balaban J connectivity index is 0.000000154. The predicted molar refractivity (Wildman–Crippen MR) is 195 cm³/mol. The fraction of sp³-hybridized carbons (Fsp3) is 0.268. The molecule has 0 saturated carbocycles. The van der Waals surface area contributed by atoms with E-state index < -0.39 is 0 Å². The monoisotopic (exact) mass is 674 g/mol. The highest BCUT2D eigenvalue weighted by Gasteiger charge is 2.26. The van der Waals surface area contributed by atoms with Crippen molar-refractivity contribution in [2.45, 2.75) is 45.7 Å². The lowest BCUT2D eigenvalue weighted by Crippen LogP contribution is -2.17. The normalized spacial score (nSPS) is 15.2. The van der Waals surface area contributed by atoms with Crippen LogP contribution in [0.3, 0.4) is 0 Å². The number of benzene rings is 4. The summed E-state index contributed by atoms with van der Waals surface area (Å²) in [4.78, 5) is 31.0. The number of hydrogen-bond acceptors (Lipinski definition) is 4. The molecule has 49 heavy (non-hydrogen) atoms. The topological polar surface area (TPSA) is 50.5 Å². The molecule has 0 atom stereocenters. The first kappa shape index (κ1) is 33.0. The van der Waals surface area contributed by atoms with Crippen molar-refractivity contribution < 1.29 is 14.0 Å². The summed E-state index contributed by atoms with van der Waals surface area (Å²) in [7, 11) is 4.21. The third-order valence-corrected chi connectivity index (χ3v) is 10.0. The molecule has 0 amide bonds. The van der Waals surface area contributed by atoms with E-state index in [1.807, 2.05) is 34.9 Å². The Hall–Kier alpha value is -4.56. The van der Waals surface area contributed by atoms with Gasteiger partial charge in [-0.15, -0.1) is 0 Å². The minimum Gasteiger partial charge on any atom is -0.302 e. The lowest BCUT2D eigenvalue weighted by molar-refractivity contribution is 0.0953. The van der Waals surface area contributed by atoms with E-state index in [2.05, 4.69) is 49.0 Å². The molecule has 0 unspecified atom stereocenters. The maximum absolute atomic E-state index is 13.8. The van der Waals surface area contributed by atoms with E-state index in [4.69, 9.17) is 11.6 Å². The zero-order valence-corrected chi connectivity index (χ0v) is 28.9. The second kappa shape index (κ2) is 13.7. The molecule has 4 aromatic carbocycles. The zero-order valence-electron chi connectivity index (χ0n) is 28.2. The van der Waals surface area contributed by atoms with E-state index in [9.17, 15) is 14.0 Å². The van der Waals surface area contributed by atoms with E-state index in [0.717, 1.165) is 85.2 Å². The number of carbonyl (C=O) groups excluding carboxylic acids is 2. The number of carbonyl (C=O) groups is 2. The molecule has 0 radical (unpaired) electrons. The molecular formula is C41H40ClFN4O2. The zero-order chi connectivity index (χ0) is 34.2. The van der Waals surface area contributed by atoms with Gasteiger partial charge in [0.15, 0.2) is 0 Å². The third kappa shape index (κ3) is 6.46. The van der Waals surface area contributed by atoms with Gasteiger partial charge in [0, 0.05) is 51.4 Å². The minimum atomic E-state index is -0.262. The number of halogens is 2. The van der Waals surface area contributed by atoms with Crippen LogP contribution in [0, 0.1) is 12.7 Å². The summed E-state index contributed by atoms with van der Waals surface area (Å²) in [6, 6.07) is 27.5. The molecule has 2 aromatic heterocycles. The summed E-state index contributed by atoms with van der Waals surface area (Å²) in [5.41, 5.74) is 8.89. The number of fused-ring (bicyclic) bond motifs is 6. The van der Waals surface area contributed by atoms with Gasteiger partial charge >= 0.3 is 0 Å². The van der Waals surface area contributed by atoms with Crippen LogP contribution in [-0.2, 0) is 25.9 Å². The first-order valence-electron chi connectivity index (χ1n) is 16.9. The first-order chi connectivity index (χ1) is 23.7. The third-order valence-electron chi connectivity index (χ3n) is 9.76. The Morgan fingerprint density at radius 2 is 1.16 bits per heavy atom. The molecule has 0 aliphatic carbocycles. The van der Waals surface area contributed by atoms with Crippen molar-refractivity contribution in [3.8, 4) is 0 Å². The minimum absolute atomic E-state index is 0.0244. The van der Waals surface area contributed by atoms with Gasteiger partial charge < -0.3 is 9.80 Å². The molecule has 0 spiro atoms. The average molecular weight is 675 g/mol. The Morgan fingerprint density at radius 1 is 0.653 bits per heavy atom. The van der Waals surface area contributed by atoms with Crippen LogP contribution in [0.4, 0.5) is 4.39 Å². The molecule has 6 aromatic rings. The Morgan fingerprint density at radius 3 is 1.73 bits per heavy atom. The van der Waals surface area contributed by atoms with E-state index in [-0.39, 0.29) is 17.6 Å². The number of nitrogens with zero attached hydrogens (tertiary/aromatic N) is 4. The van der Waals surface area contributed by atoms with Crippen LogP contribution in [0.5, 0.6) is 0 Å². The van der Waals surface area contributed by atoms with Gasteiger partial charge in [0.25, 0.3) is 11.8 Å². The molecule has 0 saturated heterocycles. The number of aromatic nitrogens is 2. The Kier molecular flexibility index (Phi) is 9.25. The molecule has 2 aliphatic rings. The molecule has 2 aliphatic heterocycles. The van der Waals surface area contributed by atoms with E-state index >= 15 is 0 Å². The van der Waals surface area contributed by atoms with Crippen molar-refractivity contribution >= 4 is 45.2 Å². The van der Waals surface area contributed by atoms with Crippen LogP contribution in [0.15, 0.2) is 91.0 Å². The second-order valence-corrected chi connectivity index (χ2v) is 13.8. The van der Waals surface area contributed by atoms with Gasteiger partial charge in [-0.3, -0.25) is 18.7 Å². The Bertz CT molecular complexity index is 2190. The molecule has 0 bridgehead atoms. The van der Waals surface area contributed by atoms with Crippen molar-refractivity contribution in [1.82, 2.24) is 18.9 Å². The summed E-state index contributed by atoms with van der Waals surface area (Å²) in [5, 5.41) is 2.69. The maximum Gasteiger partial charge on any atom is 0.262 e. The molecule has 8 rings (SSSR count). The highest BCUT2D eigenvalue weighted by atomic mass is 35.5. The van der Waals surface area contributed by atoms with Crippen LogP contribution < -0.4 is 0 Å². The molecular weight excluding hydrogens is 635 g/mol. The highest BCUT2D eigenvalue weighted by molar-refractivity contribution is 6.30. The van der Waals surface area contributed by atoms with Crippen LogP contribution in [0.2, 0.25) is 5.02 Å². The van der Waals surface area contributed by atoms with Crippen molar-refractivity contribution in [2.24, 2.45) is 0 Å². The van der Waals surface area contributed by atoms with Crippen LogP contribution in [0.1, 0.15) is 61.6 Å². The molecule has 0 N–H and O–H groups in total. The molecule has 8 heteroatoms. The summed E-state index contributed by atoms with van der Waals surface area (Å²) < 4.78 is 17.5. The van der Waals surface area contributed by atoms with Crippen LogP contribution >= 0.6 is 11.6 Å². The lowest BCUT2D eigenvalue weighted by Gasteiger charge is -2.12. The van der Waals surface area contributed by atoms with Gasteiger partial charge in [-0.05, 0) is 138 Å². The summed E-state index contributed by atoms with van der Waals surface area (Å²) in [5.74, 6) is -0.282. The Labute approximate surface area is 291 Å². The maximum atomic E-state index is 13.8. The van der Waals surface area contributed by atoms with Crippen molar-refractivity contribution in [3.05, 3.63) is 141 Å². The predicted octanol–water partition coefficient (Wildman–Crippen LogP) is 8.52. The van der Waals surface area contributed by atoms with Gasteiger partial charge in [-0.2, -0.15) is 0 Å². The quantitative estimate of drug-likeness (QED) is 0.185. The van der Waals surface area contributed by atoms with Crippen molar-refractivity contribution in [3.63, 3.8) is 0 Å². The SMILES string of the molecule is CN1CCCc2c(c3cc(F)ccc3n2C(=O)c2ccccc2)C1.Cc1ccc2c(c1)c1c(n2C(=O)c2ccc(Cl)cc2)CCCN(C)C1. The van der Waals surface area contributed by atoms with E-state index in [1.165, 1.54) is 22.6 Å². The fourth-order valence-corrected chi connectivity index (χ4v) is 7.53. The number of hydrogen-bond donors (Lipinski definition) is 0. The standard InChI is InChI=1S/C21H21ClN2O.C20H19FN2O/c1-14-5-10-20-17(12-14)18-13-23(2)11-3-4-19(18)24(20)21(25)15-6-8-16(22)9-7-15;1-22-11-5-8-18-17(13-22)16-12-15(21)9-10-19(16)23(18)20(24)14-6-3-2-4-7-14/h5-10,12H,3-4,11,13H2,1-2H3;2-4,6-7,9-10,12H,5,8,11,13H2,1H3. The number of aryl methyl sites for hydroxylation is 1. The average Bonchev–Trinajstić information content (AvgIpc) is 3.34. The van der Waals surface area contributed by atoms with Gasteiger partial charge in [-0.25, -0.2) is 4.39 Å². The van der Waals surface area contributed by atoms with Crippen LogP contribution in [0.25, 0.3) is 21.8 Å². The molecule has 250 valence electrons. The van der Waals surface area contributed by atoms with E-state index in [1.54, 1.807) is 41.0 Å². The lowest BCUT2D eigenvalue weighted by atomic mass is 10.1. The van der Waals surface area contributed by atoms with Gasteiger partial charge in [-0.1, -0.05) is 41.4 Å². The van der Waals surface area contributed by atoms with Crippen LogP contribution in [-0.4, -0.2) is 57.9 Å². The molecule has 4 heterocycles. The largest absolute Gasteiger partial charge is 0.302 e. The van der Waals surface area contributed by atoms with Gasteiger partial charge in [0.1, 0.15) is 5.82 Å². The smallest absolute Gasteiger partial charge is 0.262 e. The second-order valence-electron chi connectivity index (χ2n) is 13.4. The molecule has 0 fully saturated rings. The fourth-order valence-electron chi connectivity index (χ4n) is 7.41.